The average Bonchev–Trinajstić information content (AvgIpc) is 2.34. The molecule has 0 aliphatic rings. The molecule has 0 heterocycles. The monoisotopic (exact) mass is 314 g/mol. The Kier molecular flexibility index (Phi) is 3.88. The largest absolute Gasteiger partial charge is 0.458 e. The third-order valence-corrected chi connectivity index (χ3v) is 2.40. The first kappa shape index (κ1) is 16.7. The first-order chi connectivity index (χ1) is 9.36. The molecule has 0 aliphatic heterocycles. The van der Waals surface area contributed by atoms with Gasteiger partial charge in [-0.05, 0) is 12.1 Å². The van der Waals surface area contributed by atoms with Crippen molar-refractivity contribution in [2.75, 3.05) is 0 Å². The summed E-state index contributed by atoms with van der Waals surface area (Å²) in [5, 5.41) is 17.0. The molecular weight excluding hydrogens is 312 g/mol. The van der Waals surface area contributed by atoms with Gasteiger partial charge in [0.15, 0.2) is 0 Å². The topological polar surface area (TPSA) is 47.6 Å². The number of benzene rings is 1. The Hall–Kier alpha value is -2.36. The fourth-order valence-corrected chi connectivity index (χ4v) is 1.43. The van der Waals surface area contributed by atoms with Crippen LogP contribution in [-0.4, -0.2) is 6.18 Å². The van der Waals surface area contributed by atoms with Crippen molar-refractivity contribution in [3.8, 4) is 12.1 Å². The van der Waals surface area contributed by atoms with Crippen LogP contribution in [0.5, 0.6) is 0 Å². The molecule has 0 radical (unpaired) electrons. The minimum atomic E-state index is -6.18. The lowest BCUT2D eigenvalue weighted by atomic mass is 9.95. The van der Waals surface area contributed by atoms with Crippen LogP contribution in [0.3, 0.4) is 0 Å². The van der Waals surface area contributed by atoms with Crippen LogP contribution in [0, 0.1) is 22.7 Å². The zero-order valence-electron chi connectivity index (χ0n) is 9.57. The number of alkyl halides is 8. The van der Waals surface area contributed by atoms with Crippen molar-refractivity contribution in [3.63, 3.8) is 0 Å². The third kappa shape index (κ3) is 2.89. The molecule has 0 fully saturated rings. The number of rotatable bonds is 1. The molecule has 1 rings (SSSR count). The minimum Gasteiger partial charge on any atom is -0.192 e. The predicted octanol–water partition coefficient (Wildman–Crippen LogP) is 4.10. The lowest BCUT2D eigenvalue weighted by Crippen LogP contribution is -2.35. The van der Waals surface area contributed by atoms with Crippen LogP contribution in [0.1, 0.15) is 22.3 Å². The molecule has 0 aliphatic carbocycles. The Labute approximate surface area is 111 Å². The molecule has 0 amide bonds. The molecule has 2 nitrogen and oxygen atoms in total. The lowest BCUT2D eigenvalue weighted by molar-refractivity contribution is -0.289. The van der Waals surface area contributed by atoms with Crippen LogP contribution < -0.4 is 0 Å². The highest BCUT2D eigenvalue weighted by atomic mass is 19.4. The van der Waals surface area contributed by atoms with Crippen molar-refractivity contribution in [3.05, 3.63) is 34.4 Å². The second-order valence-electron chi connectivity index (χ2n) is 3.74. The maximum Gasteiger partial charge on any atom is 0.458 e. The summed E-state index contributed by atoms with van der Waals surface area (Å²) in [5.74, 6) is -5.66. The molecule has 0 aromatic heterocycles. The SMILES string of the molecule is N#Cc1cc(C#N)c(C(F)(F)C(F)(F)F)cc1C(F)(F)F. The van der Waals surface area contributed by atoms with Gasteiger partial charge in [0, 0.05) is 5.56 Å². The van der Waals surface area contributed by atoms with Gasteiger partial charge in [-0.15, -0.1) is 0 Å². The number of nitrogens with zero attached hydrogens (tertiary/aromatic N) is 2. The van der Waals surface area contributed by atoms with E-state index in [1.54, 1.807) is 0 Å². The van der Waals surface area contributed by atoms with Crippen LogP contribution in [0.15, 0.2) is 12.1 Å². The smallest absolute Gasteiger partial charge is 0.192 e. The van der Waals surface area contributed by atoms with Gasteiger partial charge < -0.3 is 0 Å². The zero-order chi connectivity index (χ0) is 16.6. The minimum absolute atomic E-state index is 0.0534. The molecule has 0 N–H and O–H groups in total. The average molecular weight is 314 g/mol. The van der Waals surface area contributed by atoms with Gasteiger partial charge in [-0.25, -0.2) is 0 Å². The summed E-state index contributed by atoms with van der Waals surface area (Å²) < 4.78 is 101. The zero-order valence-corrected chi connectivity index (χ0v) is 9.57. The van der Waals surface area contributed by atoms with Crippen LogP contribution in [0.4, 0.5) is 35.1 Å². The van der Waals surface area contributed by atoms with Crippen molar-refractivity contribution < 1.29 is 35.1 Å². The van der Waals surface area contributed by atoms with E-state index in [1.807, 2.05) is 0 Å². The first-order valence-electron chi connectivity index (χ1n) is 4.86. The fraction of sp³-hybridized carbons (Fsp3) is 0.273. The van der Waals surface area contributed by atoms with E-state index in [0.717, 1.165) is 12.1 Å². The second-order valence-corrected chi connectivity index (χ2v) is 3.74. The van der Waals surface area contributed by atoms with Gasteiger partial charge in [-0.2, -0.15) is 45.6 Å². The Morgan fingerprint density at radius 2 is 1.14 bits per heavy atom. The lowest BCUT2D eigenvalue weighted by Gasteiger charge is -2.22. The Bertz CT molecular complexity index is 642. The molecular formula is C11H2F8N2. The van der Waals surface area contributed by atoms with Crippen LogP contribution in [-0.2, 0) is 12.1 Å². The van der Waals surface area contributed by atoms with Crippen molar-refractivity contribution in [1.29, 1.82) is 10.5 Å². The van der Waals surface area contributed by atoms with Gasteiger partial charge in [0.2, 0.25) is 0 Å². The Morgan fingerprint density at radius 1 is 0.714 bits per heavy atom. The molecule has 0 atom stereocenters. The van der Waals surface area contributed by atoms with Gasteiger partial charge >= 0.3 is 18.3 Å². The highest BCUT2D eigenvalue weighted by Crippen LogP contribution is 2.46. The van der Waals surface area contributed by atoms with Crippen molar-refractivity contribution >= 4 is 0 Å². The molecule has 0 bridgehead atoms. The molecule has 0 saturated carbocycles. The molecule has 0 saturated heterocycles. The van der Waals surface area contributed by atoms with E-state index in [2.05, 4.69) is 0 Å². The summed E-state index contributed by atoms with van der Waals surface area (Å²) in [4.78, 5) is 0. The van der Waals surface area contributed by atoms with Crippen LogP contribution in [0.2, 0.25) is 0 Å². The number of hydrogen-bond acceptors (Lipinski definition) is 2. The maximum absolute atomic E-state index is 13.2. The number of hydrogen-bond donors (Lipinski definition) is 0. The fourth-order valence-electron chi connectivity index (χ4n) is 1.43. The molecule has 10 heteroatoms. The molecule has 1 aromatic carbocycles. The van der Waals surface area contributed by atoms with Gasteiger partial charge in [0.05, 0.1) is 28.8 Å². The van der Waals surface area contributed by atoms with E-state index < -0.39 is 46.6 Å². The van der Waals surface area contributed by atoms with Crippen LogP contribution in [0.25, 0.3) is 0 Å². The van der Waals surface area contributed by atoms with Gasteiger partial charge in [0.25, 0.3) is 0 Å². The normalized spacial score (nSPS) is 12.7. The molecule has 112 valence electrons. The van der Waals surface area contributed by atoms with Gasteiger partial charge in [0.1, 0.15) is 0 Å². The quantitative estimate of drug-likeness (QED) is 0.733. The number of halogens is 8. The van der Waals surface area contributed by atoms with Gasteiger partial charge in [-0.3, -0.25) is 0 Å². The maximum atomic E-state index is 13.2. The van der Waals surface area contributed by atoms with E-state index in [4.69, 9.17) is 10.5 Å². The predicted molar refractivity (Wildman–Crippen MR) is 50.8 cm³/mol. The summed E-state index contributed by atoms with van der Waals surface area (Å²) in [6.45, 7) is 0. The highest BCUT2D eigenvalue weighted by molar-refractivity contribution is 5.52. The summed E-state index contributed by atoms with van der Waals surface area (Å²) in [6.07, 6.45) is -11.5. The number of nitriles is 2. The van der Waals surface area contributed by atoms with E-state index in [-0.39, 0.29) is 6.07 Å². The summed E-state index contributed by atoms with van der Waals surface area (Å²) in [6, 6.07) is 1.46. The van der Waals surface area contributed by atoms with E-state index in [9.17, 15) is 35.1 Å². The van der Waals surface area contributed by atoms with Crippen molar-refractivity contribution in [2.24, 2.45) is 0 Å². The molecule has 21 heavy (non-hydrogen) atoms. The summed E-state index contributed by atoms with van der Waals surface area (Å²) in [7, 11) is 0. The Balaban J connectivity index is 3.78. The van der Waals surface area contributed by atoms with Gasteiger partial charge in [-0.1, -0.05) is 0 Å². The Morgan fingerprint density at radius 3 is 1.48 bits per heavy atom. The highest BCUT2D eigenvalue weighted by Gasteiger charge is 2.60. The van der Waals surface area contributed by atoms with E-state index in [1.165, 1.54) is 0 Å². The summed E-state index contributed by atoms with van der Waals surface area (Å²) in [5.41, 5.74) is -6.70. The van der Waals surface area contributed by atoms with Crippen LogP contribution >= 0.6 is 0 Å². The summed E-state index contributed by atoms with van der Waals surface area (Å²) >= 11 is 0. The third-order valence-electron chi connectivity index (χ3n) is 2.40. The second kappa shape index (κ2) is 4.88. The van der Waals surface area contributed by atoms with Crippen molar-refractivity contribution in [2.45, 2.75) is 18.3 Å². The van der Waals surface area contributed by atoms with E-state index in [0.29, 0.717) is 0 Å². The standard InChI is InChI=1S/C11H2F8N2/c12-9(13,11(17,18)19)7-2-8(10(14,15)16)6(4-21)1-5(7)3-20/h1-2H. The molecule has 0 spiro atoms. The van der Waals surface area contributed by atoms with Crippen molar-refractivity contribution in [1.82, 2.24) is 0 Å². The first-order valence-corrected chi connectivity index (χ1v) is 4.86. The molecule has 1 aromatic rings. The van der Waals surface area contributed by atoms with E-state index >= 15 is 0 Å². The molecule has 0 unspecified atom stereocenters.